The molecule has 0 aliphatic rings. The van der Waals surface area contributed by atoms with Crippen molar-refractivity contribution < 1.29 is 8.78 Å². The van der Waals surface area contributed by atoms with E-state index in [0.29, 0.717) is 12.5 Å². The van der Waals surface area contributed by atoms with Gasteiger partial charge in [-0.15, -0.1) is 0 Å². The molecule has 0 amide bonds. The minimum Gasteiger partial charge on any atom is -0.306 e. The Bertz CT molecular complexity index is 570. The topological polar surface area (TPSA) is 12.0 Å². The molecule has 21 heavy (non-hydrogen) atoms. The van der Waals surface area contributed by atoms with Crippen LogP contribution in [0.2, 0.25) is 0 Å². The van der Waals surface area contributed by atoms with E-state index in [1.165, 1.54) is 23.8 Å². The third-order valence-electron chi connectivity index (χ3n) is 3.69. The second kappa shape index (κ2) is 6.81. The zero-order valence-corrected chi connectivity index (χ0v) is 12.7. The van der Waals surface area contributed by atoms with E-state index in [-0.39, 0.29) is 11.6 Å². The van der Waals surface area contributed by atoms with Crippen LogP contribution in [0.4, 0.5) is 8.78 Å². The Kier molecular flexibility index (Phi) is 5.07. The molecule has 0 bridgehead atoms. The molecule has 0 saturated carbocycles. The lowest BCUT2D eigenvalue weighted by Gasteiger charge is -2.16. The van der Waals surface area contributed by atoms with Crippen LogP contribution >= 0.6 is 0 Å². The Morgan fingerprint density at radius 3 is 2.00 bits per heavy atom. The average Bonchev–Trinajstić information content (AvgIpc) is 2.45. The van der Waals surface area contributed by atoms with Crippen LogP contribution in [0.25, 0.3) is 0 Å². The summed E-state index contributed by atoms with van der Waals surface area (Å²) in [6, 6.07) is 11.9. The van der Waals surface area contributed by atoms with Crippen LogP contribution in [0.5, 0.6) is 0 Å². The maximum atomic E-state index is 13.7. The molecule has 1 N–H and O–H groups in total. The number of rotatable bonds is 5. The fourth-order valence-corrected chi connectivity index (χ4v) is 2.32. The van der Waals surface area contributed by atoms with Crippen LogP contribution in [0, 0.1) is 11.6 Å². The monoisotopic (exact) mass is 289 g/mol. The highest BCUT2D eigenvalue weighted by atomic mass is 19.1. The summed E-state index contributed by atoms with van der Waals surface area (Å²) in [5, 5.41) is 3.17. The molecule has 3 heteroatoms. The highest BCUT2D eigenvalue weighted by Gasteiger charge is 2.15. The molecular formula is C18H21F2N. The zero-order chi connectivity index (χ0) is 15.4. The molecule has 2 aromatic carbocycles. The highest BCUT2D eigenvalue weighted by molar-refractivity contribution is 5.26. The van der Waals surface area contributed by atoms with Crippen LogP contribution in [-0.2, 0) is 6.54 Å². The maximum Gasteiger partial charge on any atom is 0.130 e. The van der Waals surface area contributed by atoms with Crippen LogP contribution in [0.1, 0.15) is 49.4 Å². The van der Waals surface area contributed by atoms with Gasteiger partial charge in [0.2, 0.25) is 0 Å². The Morgan fingerprint density at radius 1 is 0.905 bits per heavy atom. The van der Waals surface area contributed by atoms with E-state index in [0.717, 1.165) is 5.56 Å². The predicted molar refractivity (Wildman–Crippen MR) is 82.1 cm³/mol. The van der Waals surface area contributed by atoms with Gasteiger partial charge in [0.05, 0.1) is 0 Å². The van der Waals surface area contributed by atoms with Gasteiger partial charge in [0.25, 0.3) is 0 Å². The predicted octanol–water partition coefficient (Wildman–Crippen LogP) is 4.94. The van der Waals surface area contributed by atoms with E-state index in [1.54, 1.807) is 6.92 Å². The van der Waals surface area contributed by atoms with Crippen molar-refractivity contribution in [2.45, 2.75) is 39.3 Å². The summed E-state index contributed by atoms with van der Waals surface area (Å²) in [4.78, 5) is 0. The van der Waals surface area contributed by atoms with E-state index in [9.17, 15) is 8.78 Å². The van der Waals surface area contributed by atoms with Gasteiger partial charge >= 0.3 is 0 Å². The van der Waals surface area contributed by atoms with Gasteiger partial charge in [-0.05, 0) is 36.1 Å². The molecule has 0 heterocycles. The number of hydrogen-bond acceptors (Lipinski definition) is 1. The Balaban J connectivity index is 2.02. The molecule has 0 fully saturated rings. The van der Waals surface area contributed by atoms with E-state index < -0.39 is 11.6 Å². The largest absolute Gasteiger partial charge is 0.306 e. The van der Waals surface area contributed by atoms with Gasteiger partial charge in [0.1, 0.15) is 11.6 Å². The highest BCUT2D eigenvalue weighted by Crippen LogP contribution is 2.21. The van der Waals surface area contributed by atoms with Crippen LogP contribution < -0.4 is 5.32 Å². The number of halogens is 2. The van der Waals surface area contributed by atoms with Crippen molar-refractivity contribution in [3.05, 3.63) is 70.8 Å². The molecular weight excluding hydrogens is 268 g/mol. The summed E-state index contributed by atoms with van der Waals surface area (Å²) in [7, 11) is 0. The first-order valence-electron chi connectivity index (χ1n) is 7.25. The van der Waals surface area contributed by atoms with Crippen LogP contribution in [-0.4, -0.2) is 0 Å². The van der Waals surface area contributed by atoms with E-state index in [1.807, 2.05) is 12.1 Å². The Hall–Kier alpha value is -1.74. The number of hydrogen-bond donors (Lipinski definition) is 1. The third kappa shape index (κ3) is 3.88. The van der Waals surface area contributed by atoms with Gasteiger partial charge in [-0.3, -0.25) is 0 Å². The lowest BCUT2D eigenvalue weighted by atomic mass is 10.0. The summed E-state index contributed by atoms with van der Waals surface area (Å²) in [6.07, 6.45) is 0. The molecule has 0 aliphatic heterocycles. The van der Waals surface area contributed by atoms with E-state index in [4.69, 9.17) is 0 Å². The Labute approximate surface area is 125 Å². The molecule has 2 rings (SSSR count). The molecule has 1 unspecified atom stereocenters. The fraction of sp³-hybridized carbons (Fsp3) is 0.333. The molecule has 0 spiro atoms. The maximum absolute atomic E-state index is 13.7. The van der Waals surface area contributed by atoms with Crippen LogP contribution in [0.3, 0.4) is 0 Å². The summed E-state index contributed by atoms with van der Waals surface area (Å²) in [5.74, 6) is -0.520. The number of nitrogens with one attached hydrogen (secondary N) is 1. The van der Waals surface area contributed by atoms with E-state index in [2.05, 4.69) is 31.3 Å². The second-order valence-corrected chi connectivity index (χ2v) is 5.63. The average molecular weight is 289 g/mol. The normalized spacial score (nSPS) is 12.7. The summed E-state index contributed by atoms with van der Waals surface area (Å²) >= 11 is 0. The SMILES string of the molecule is CC(C)c1ccc(CNC(C)c2c(F)cccc2F)cc1. The summed E-state index contributed by atoms with van der Waals surface area (Å²) in [6.45, 7) is 6.64. The summed E-state index contributed by atoms with van der Waals surface area (Å²) in [5.41, 5.74) is 2.48. The first kappa shape index (κ1) is 15.6. The Morgan fingerprint density at radius 2 is 1.48 bits per heavy atom. The lowest BCUT2D eigenvalue weighted by molar-refractivity contribution is 0.487. The molecule has 0 aromatic heterocycles. The van der Waals surface area contributed by atoms with Gasteiger partial charge in [-0.2, -0.15) is 0 Å². The summed E-state index contributed by atoms with van der Waals surface area (Å²) < 4.78 is 27.4. The van der Waals surface area contributed by atoms with Crippen molar-refractivity contribution in [2.75, 3.05) is 0 Å². The van der Waals surface area contributed by atoms with Crippen LogP contribution in [0.15, 0.2) is 42.5 Å². The van der Waals surface area contributed by atoms with Crippen molar-refractivity contribution in [3.8, 4) is 0 Å². The van der Waals surface area contributed by atoms with Crippen molar-refractivity contribution in [3.63, 3.8) is 0 Å². The standard InChI is InChI=1S/C18H21F2N/c1-12(2)15-9-7-14(8-10-15)11-21-13(3)18-16(19)5-4-6-17(18)20/h4-10,12-13,21H,11H2,1-3H3. The quantitative estimate of drug-likeness (QED) is 0.822. The van der Waals surface area contributed by atoms with Crippen molar-refractivity contribution in [2.24, 2.45) is 0 Å². The fourth-order valence-electron chi connectivity index (χ4n) is 2.32. The lowest BCUT2D eigenvalue weighted by Crippen LogP contribution is -2.20. The zero-order valence-electron chi connectivity index (χ0n) is 12.7. The van der Waals surface area contributed by atoms with Gasteiger partial charge in [0.15, 0.2) is 0 Å². The molecule has 112 valence electrons. The molecule has 2 aromatic rings. The van der Waals surface area contributed by atoms with Gasteiger partial charge in [-0.25, -0.2) is 8.78 Å². The number of benzene rings is 2. The third-order valence-corrected chi connectivity index (χ3v) is 3.69. The van der Waals surface area contributed by atoms with E-state index >= 15 is 0 Å². The molecule has 0 aliphatic carbocycles. The van der Waals surface area contributed by atoms with Crippen molar-refractivity contribution in [1.29, 1.82) is 0 Å². The first-order chi connectivity index (χ1) is 9.99. The van der Waals surface area contributed by atoms with Crippen molar-refractivity contribution in [1.82, 2.24) is 5.32 Å². The van der Waals surface area contributed by atoms with Gasteiger partial charge < -0.3 is 5.32 Å². The van der Waals surface area contributed by atoms with Gasteiger partial charge in [0, 0.05) is 18.2 Å². The molecule has 0 saturated heterocycles. The smallest absolute Gasteiger partial charge is 0.130 e. The second-order valence-electron chi connectivity index (χ2n) is 5.63. The first-order valence-corrected chi connectivity index (χ1v) is 7.25. The minimum atomic E-state index is -0.509. The van der Waals surface area contributed by atoms with Gasteiger partial charge in [-0.1, -0.05) is 44.2 Å². The molecule has 1 nitrogen and oxygen atoms in total. The van der Waals surface area contributed by atoms with Crippen molar-refractivity contribution >= 4 is 0 Å². The molecule has 1 atom stereocenters. The molecule has 0 radical (unpaired) electrons. The minimum absolute atomic E-state index is 0.0938.